The third kappa shape index (κ3) is 2.13. The minimum atomic E-state index is 0.482. The van der Waals surface area contributed by atoms with E-state index in [1.165, 1.54) is 0 Å². The molecule has 0 saturated carbocycles. The van der Waals surface area contributed by atoms with Gasteiger partial charge in [0, 0.05) is 11.8 Å². The standard InChI is InChI=1S/C12H17N5O/c1-5-18-10-6-7(2)14-12(15-10)17-9(4)11(13)8(3)16-17/h6H,5,13H2,1-4H3. The highest BCUT2D eigenvalue weighted by molar-refractivity contribution is 5.48. The Kier molecular flexibility index (Phi) is 3.18. The van der Waals surface area contributed by atoms with Crippen molar-refractivity contribution in [1.29, 1.82) is 0 Å². The molecule has 0 radical (unpaired) electrons. The van der Waals surface area contributed by atoms with Gasteiger partial charge in [0.2, 0.25) is 5.88 Å². The lowest BCUT2D eigenvalue weighted by molar-refractivity contribution is 0.325. The molecule has 0 amide bonds. The highest BCUT2D eigenvalue weighted by atomic mass is 16.5. The van der Waals surface area contributed by atoms with Crippen LogP contribution in [-0.4, -0.2) is 26.4 Å². The predicted octanol–water partition coefficient (Wildman–Crippen LogP) is 1.57. The van der Waals surface area contributed by atoms with Crippen molar-refractivity contribution in [3.63, 3.8) is 0 Å². The van der Waals surface area contributed by atoms with Crippen molar-refractivity contribution in [1.82, 2.24) is 19.7 Å². The fraction of sp³-hybridized carbons (Fsp3) is 0.417. The number of rotatable bonds is 3. The van der Waals surface area contributed by atoms with E-state index in [2.05, 4.69) is 15.1 Å². The number of anilines is 1. The van der Waals surface area contributed by atoms with Gasteiger partial charge in [0.1, 0.15) is 0 Å². The van der Waals surface area contributed by atoms with Crippen LogP contribution in [0, 0.1) is 20.8 Å². The zero-order chi connectivity index (χ0) is 13.3. The van der Waals surface area contributed by atoms with E-state index in [4.69, 9.17) is 10.5 Å². The molecule has 0 fully saturated rings. The lowest BCUT2D eigenvalue weighted by Gasteiger charge is -2.07. The number of aromatic nitrogens is 4. The quantitative estimate of drug-likeness (QED) is 0.890. The summed E-state index contributed by atoms with van der Waals surface area (Å²) in [6.07, 6.45) is 0. The van der Waals surface area contributed by atoms with Crippen LogP contribution in [0.5, 0.6) is 5.88 Å². The molecule has 0 unspecified atom stereocenters. The molecule has 2 heterocycles. The number of hydrogen-bond acceptors (Lipinski definition) is 5. The third-order valence-corrected chi connectivity index (χ3v) is 2.65. The van der Waals surface area contributed by atoms with Crippen LogP contribution in [0.15, 0.2) is 6.07 Å². The Morgan fingerprint density at radius 1 is 1.28 bits per heavy atom. The largest absolute Gasteiger partial charge is 0.478 e. The van der Waals surface area contributed by atoms with Gasteiger partial charge < -0.3 is 10.5 Å². The molecule has 0 bridgehead atoms. The Balaban J connectivity index is 2.52. The summed E-state index contributed by atoms with van der Waals surface area (Å²) < 4.78 is 7.04. The van der Waals surface area contributed by atoms with E-state index >= 15 is 0 Å². The van der Waals surface area contributed by atoms with Gasteiger partial charge in [-0.1, -0.05) is 0 Å². The van der Waals surface area contributed by atoms with Gasteiger partial charge in [0.15, 0.2) is 0 Å². The first-order chi connectivity index (χ1) is 8.52. The van der Waals surface area contributed by atoms with Crippen LogP contribution in [0.4, 0.5) is 5.69 Å². The van der Waals surface area contributed by atoms with E-state index in [9.17, 15) is 0 Å². The molecule has 0 aliphatic heterocycles. The summed E-state index contributed by atoms with van der Waals surface area (Å²) in [4.78, 5) is 8.68. The summed E-state index contributed by atoms with van der Waals surface area (Å²) in [5.74, 6) is 1.03. The van der Waals surface area contributed by atoms with Gasteiger partial charge in [0.25, 0.3) is 5.95 Å². The maximum Gasteiger partial charge on any atom is 0.254 e. The molecular weight excluding hydrogens is 230 g/mol. The van der Waals surface area contributed by atoms with Crippen molar-refractivity contribution in [2.24, 2.45) is 0 Å². The zero-order valence-electron chi connectivity index (χ0n) is 11.1. The molecule has 0 aliphatic rings. The summed E-state index contributed by atoms with van der Waals surface area (Å²) in [6, 6.07) is 1.79. The second-order valence-corrected chi connectivity index (χ2v) is 4.08. The normalized spacial score (nSPS) is 10.7. The molecule has 0 atom stereocenters. The minimum absolute atomic E-state index is 0.482. The van der Waals surface area contributed by atoms with Crippen LogP contribution in [0.1, 0.15) is 24.0 Å². The van der Waals surface area contributed by atoms with Crippen LogP contribution in [-0.2, 0) is 0 Å². The van der Waals surface area contributed by atoms with Crippen LogP contribution in [0.2, 0.25) is 0 Å². The summed E-state index contributed by atoms with van der Waals surface area (Å²) in [5, 5.41) is 4.33. The number of hydrogen-bond donors (Lipinski definition) is 1. The second kappa shape index (κ2) is 4.64. The fourth-order valence-electron chi connectivity index (χ4n) is 1.69. The van der Waals surface area contributed by atoms with Crippen molar-refractivity contribution in [2.75, 3.05) is 12.3 Å². The Hall–Kier alpha value is -2.11. The molecule has 0 aliphatic carbocycles. The molecule has 0 saturated heterocycles. The molecule has 0 spiro atoms. The van der Waals surface area contributed by atoms with E-state index in [-0.39, 0.29) is 0 Å². The molecule has 2 rings (SSSR count). The van der Waals surface area contributed by atoms with Crippen LogP contribution in [0.3, 0.4) is 0 Å². The fourth-order valence-corrected chi connectivity index (χ4v) is 1.69. The highest BCUT2D eigenvalue weighted by Crippen LogP contribution is 2.19. The van der Waals surface area contributed by atoms with Gasteiger partial charge in [-0.15, -0.1) is 0 Å². The van der Waals surface area contributed by atoms with Gasteiger partial charge in [-0.25, -0.2) is 9.67 Å². The van der Waals surface area contributed by atoms with E-state index in [1.54, 1.807) is 10.7 Å². The maximum atomic E-state index is 5.90. The number of aryl methyl sites for hydroxylation is 2. The molecule has 0 aromatic carbocycles. The topological polar surface area (TPSA) is 78.8 Å². The van der Waals surface area contributed by atoms with Crippen molar-refractivity contribution >= 4 is 5.69 Å². The molecule has 6 heteroatoms. The number of ether oxygens (including phenoxy) is 1. The summed E-state index contributed by atoms with van der Waals surface area (Å²) >= 11 is 0. The number of nitrogens with zero attached hydrogens (tertiary/aromatic N) is 4. The molecule has 18 heavy (non-hydrogen) atoms. The van der Waals surface area contributed by atoms with Gasteiger partial charge in [-0.2, -0.15) is 10.1 Å². The highest BCUT2D eigenvalue weighted by Gasteiger charge is 2.13. The Labute approximate surface area is 106 Å². The first-order valence-corrected chi connectivity index (χ1v) is 5.83. The van der Waals surface area contributed by atoms with E-state index < -0.39 is 0 Å². The van der Waals surface area contributed by atoms with Crippen molar-refractivity contribution in [3.8, 4) is 11.8 Å². The monoisotopic (exact) mass is 247 g/mol. The van der Waals surface area contributed by atoms with Crippen LogP contribution < -0.4 is 10.5 Å². The van der Waals surface area contributed by atoms with Gasteiger partial charge in [-0.3, -0.25) is 0 Å². The smallest absolute Gasteiger partial charge is 0.254 e. The lowest BCUT2D eigenvalue weighted by atomic mass is 10.3. The van der Waals surface area contributed by atoms with Crippen molar-refractivity contribution in [3.05, 3.63) is 23.1 Å². The van der Waals surface area contributed by atoms with Crippen LogP contribution in [0.25, 0.3) is 5.95 Å². The first-order valence-electron chi connectivity index (χ1n) is 5.83. The number of nitrogens with two attached hydrogens (primary N) is 1. The maximum absolute atomic E-state index is 5.90. The Morgan fingerprint density at radius 2 is 2.00 bits per heavy atom. The van der Waals surface area contributed by atoms with Crippen molar-refractivity contribution < 1.29 is 4.74 Å². The van der Waals surface area contributed by atoms with E-state index in [1.807, 2.05) is 27.7 Å². The first kappa shape index (κ1) is 12.3. The van der Waals surface area contributed by atoms with E-state index in [0.717, 1.165) is 17.1 Å². The van der Waals surface area contributed by atoms with Gasteiger partial charge >= 0.3 is 0 Å². The Morgan fingerprint density at radius 3 is 2.56 bits per heavy atom. The molecular formula is C12H17N5O. The molecule has 6 nitrogen and oxygen atoms in total. The predicted molar refractivity (Wildman–Crippen MR) is 68.9 cm³/mol. The third-order valence-electron chi connectivity index (χ3n) is 2.65. The Bertz CT molecular complexity index is 576. The summed E-state index contributed by atoms with van der Waals surface area (Å²) in [5.41, 5.74) is 9.01. The average molecular weight is 247 g/mol. The lowest BCUT2D eigenvalue weighted by Crippen LogP contribution is -2.08. The van der Waals surface area contributed by atoms with Gasteiger partial charge in [-0.05, 0) is 27.7 Å². The van der Waals surface area contributed by atoms with Gasteiger partial charge in [0.05, 0.1) is 23.7 Å². The SMILES string of the molecule is CCOc1cc(C)nc(-n2nc(C)c(N)c2C)n1. The number of nitrogen functional groups attached to an aromatic ring is 1. The summed E-state index contributed by atoms with van der Waals surface area (Å²) in [6.45, 7) is 8.12. The summed E-state index contributed by atoms with van der Waals surface area (Å²) in [7, 11) is 0. The van der Waals surface area contributed by atoms with Crippen LogP contribution >= 0.6 is 0 Å². The zero-order valence-corrected chi connectivity index (χ0v) is 11.1. The minimum Gasteiger partial charge on any atom is -0.478 e. The molecule has 96 valence electrons. The molecule has 2 N–H and O–H groups in total. The van der Waals surface area contributed by atoms with Crippen molar-refractivity contribution in [2.45, 2.75) is 27.7 Å². The molecule has 2 aromatic heterocycles. The molecule has 2 aromatic rings. The van der Waals surface area contributed by atoms with E-state index in [0.29, 0.717) is 24.1 Å². The second-order valence-electron chi connectivity index (χ2n) is 4.08. The average Bonchev–Trinajstić information content (AvgIpc) is 2.57.